The van der Waals surface area contributed by atoms with Crippen molar-refractivity contribution in [3.63, 3.8) is 0 Å². The van der Waals surface area contributed by atoms with E-state index in [1.54, 1.807) is 6.92 Å². The number of carboxylic acid groups (broad SMARTS) is 1. The Balaban J connectivity index is 2.35. The van der Waals surface area contributed by atoms with E-state index in [0.717, 1.165) is 5.56 Å². The van der Waals surface area contributed by atoms with Gasteiger partial charge in [0.1, 0.15) is 0 Å². The van der Waals surface area contributed by atoms with Crippen LogP contribution in [0.3, 0.4) is 0 Å². The lowest BCUT2D eigenvalue weighted by Crippen LogP contribution is -2.06. The van der Waals surface area contributed by atoms with E-state index in [-0.39, 0.29) is 11.1 Å². The van der Waals surface area contributed by atoms with E-state index >= 15 is 0 Å². The van der Waals surface area contributed by atoms with Crippen LogP contribution in [0, 0.1) is 6.92 Å². The van der Waals surface area contributed by atoms with Crippen molar-refractivity contribution in [2.75, 3.05) is 0 Å². The fourth-order valence-corrected chi connectivity index (χ4v) is 2.16. The predicted molar refractivity (Wildman–Crippen MR) is 72.9 cm³/mol. The van der Waals surface area contributed by atoms with Crippen LogP contribution in [0.15, 0.2) is 41.3 Å². The van der Waals surface area contributed by atoms with E-state index < -0.39 is 5.97 Å². The molecular formula is C14H11N3O3. The van der Waals surface area contributed by atoms with Crippen LogP contribution in [0.1, 0.15) is 16.1 Å². The molecule has 20 heavy (non-hydrogen) atoms. The van der Waals surface area contributed by atoms with Gasteiger partial charge in [0.25, 0.3) is 5.56 Å². The van der Waals surface area contributed by atoms with Crippen LogP contribution in [0.2, 0.25) is 0 Å². The maximum atomic E-state index is 12.1. The fraction of sp³-hybridized carbons (Fsp3) is 0.0714. The van der Waals surface area contributed by atoms with Crippen LogP contribution in [0.5, 0.6) is 0 Å². The Morgan fingerprint density at radius 3 is 2.65 bits per heavy atom. The standard InChI is InChI=1S/C14H11N3O3/c1-8-10(14(19)20)7-17-12(15-8)11(13(18)16-17)9-5-3-2-4-6-9/h2-7H,1H3,(H,16,18)(H,19,20). The van der Waals surface area contributed by atoms with Crippen LogP contribution >= 0.6 is 0 Å². The smallest absolute Gasteiger partial charge is 0.339 e. The second-order valence-electron chi connectivity index (χ2n) is 4.42. The van der Waals surface area contributed by atoms with E-state index in [0.29, 0.717) is 16.9 Å². The summed E-state index contributed by atoms with van der Waals surface area (Å²) in [5, 5.41) is 11.7. The number of benzene rings is 1. The van der Waals surface area contributed by atoms with E-state index in [4.69, 9.17) is 5.11 Å². The van der Waals surface area contributed by atoms with E-state index in [1.807, 2.05) is 30.3 Å². The Hall–Kier alpha value is -2.89. The normalized spacial score (nSPS) is 10.8. The minimum atomic E-state index is -1.08. The van der Waals surface area contributed by atoms with Crippen LogP contribution in [-0.4, -0.2) is 25.7 Å². The lowest BCUT2D eigenvalue weighted by molar-refractivity contribution is 0.0695. The number of aromatic amines is 1. The fourth-order valence-electron chi connectivity index (χ4n) is 2.16. The summed E-state index contributed by atoms with van der Waals surface area (Å²) in [7, 11) is 0. The zero-order valence-corrected chi connectivity index (χ0v) is 10.6. The van der Waals surface area contributed by atoms with Gasteiger partial charge in [0.05, 0.1) is 16.8 Å². The van der Waals surface area contributed by atoms with Crippen molar-refractivity contribution < 1.29 is 9.90 Å². The molecule has 0 aliphatic rings. The van der Waals surface area contributed by atoms with Crippen molar-refractivity contribution in [1.82, 2.24) is 14.6 Å². The molecule has 0 spiro atoms. The number of rotatable bonds is 2. The topological polar surface area (TPSA) is 87.5 Å². The highest BCUT2D eigenvalue weighted by Gasteiger charge is 2.16. The van der Waals surface area contributed by atoms with Gasteiger partial charge in [-0.3, -0.25) is 9.89 Å². The zero-order chi connectivity index (χ0) is 14.3. The van der Waals surface area contributed by atoms with Gasteiger partial charge in [-0.15, -0.1) is 0 Å². The maximum absolute atomic E-state index is 12.1. The average molecular weight is 269 g/mol. The Morgan fingerprint density at radius 1 is 1.30 bits per heavy atom. The third kappa shape index (κ3) is 1.78. The summed E-state index contributed by atoms with van der Waals surface area (Å²) in [5.74, 6) is -1.08. The van der Waals surface area contributed by atoms with Crippen molar-refractivity contribution in [2.45, 2.75) is 6.92 Å². The molecule has 0 bridgehead atoms. The highest BCUT2D eigenvalue weighted by atomic mass is 16.4. The molecule has 3 rings (SSSR count). The van der Waals surface area contributed by atoms with Crippen LogP contribution in [0.4, 0.5) is 0 Å². The Labute approximate surface area is 113 Å². The molecule has 0 saturated carbocycles. The predicted octanol–water partition coefficient (Wildman–Crippen LogP) is 1.70. The molecule has 6 nitrogen and oxygen atoms in total. The average Bonchev–Trinajstić information content (AvgIpc) is 2.73. The van der Waals surface area contributed by atoms with Gasteiger partial charge in [0, 0.05) is 6.20 Å². The van der Waals surface area contributed by atoms with Gasteiger partial charge in [-0.25, -0.2) is 14.3 Å². The minimum Gasteiger partial charge on any atom is -0.478 e. The van der Waals surface area contributed by atoms with Crippen molar-refractivity contribution in [3.8, 4) is 11.1 Å². The van der Waals surface area contributed by atoms with Gasteiger partial charge < -0.3 is 5.11 Å². The molecule has 1 aromatic carbocycles. The molecule has 0 amide bonds. The molecule has 0 radical (unpaired) electrons. The monoisotopic (exact) mass is 269 g/mol. The molecule has 2 N–H and O–H groups in total. The molecule has 0 aliphatic carbocycles. The number of carboxylic acids is 1. The van der Waals surface area contributed by atoms with Crippen molar-refractivity contribution >= 4 is 11.6 Å². The van der Waals surface area contributed by atoms with Gasteiger partial charge in [-0.2, -0.15) is 0 Å². The second kappa shape index (κ2) is 4.34. The van der Waals surface area contributed by atoms with Crippen molar-refractivity contribution in [2.24, 2.45) is 0 Å². The number of carbonyl (C=O) groups is 1. The first-order chi connectivity index (χ1) is 9.58. The number of hydrogen-bond acceptors (Lipinski definition) is 3. The van der Waals surface area contributed by atoms with Crippen LogP contribution in [0.25, 0.3) is 16.8 Å². The largest absolute Gasteiger partial charge is 0.478 e. The molecule has 100 valence electrons. The Morgan fingerprint density at radius 2 is 2.00 bits per heavy atom. The number of nitrogens with one attached hydrogen (secondary N) is 1. The first-order valence-corrected chi connectivity index (χ1v) is 5.98. The first kappa shape index (κ1) is 12.2. The Bertz CT molecular complexity index is 862. The number of hydrogen-bond donors (Lipinski definition) is 2. The van der Waals surface area contributed by atoms with Crippen molar-refractivity contribution in [3.05, 3.63) is 58.1 Å². The summed E-state index contributed by atoms with van der Waals surface area (Å²) in [6.45, 7) is 1.61. The summed E-state index contributed by atoms with van der Waals surface area (Å²) < 4.78 is 1.35. The van der Waals surface area contributed by atoms with Gasteiger partial charge in [-0.05, 0) is 12.5 Å². The quantitative estimate of drug-likeness (QED) is 0.741. The van der Waals surface area contributed by atoms with E-state index in [1.165, 1.54) is 10.7 Å². The third-order valence-electron chi connectivity index (χ3n) is 3.12. The molecule has 0 unspecified atom stereocenters. The molecule has 3 aromatic rings. The molecular weight excluding hydrogens is 258 g/mol. The third-order valence-corrected chi connectivity index (χ3v) is 3.12. The molecule has 0 aliphatic heterocycles. The minimum absolute atomic E-state index is 0.0587. The lowest BCUT2D eigenvalue weighted by atomic mass is 10.1. The summed E-state index contributed by atoms with van der Waals surface area (Å²) >= 11 is 0. The number of aryl methyl sites for hydroxylation is 1. The number of H-pyrrole nitrogens is 1. The summed E-state index contributed by atoms with van der Waals surface area (Å²) in [5.41, 5.74) is 1.73. The summed E-state index contributed by atoms with van der Waals surface area (Å²) in [4.78, 5) is 27.4. The molecule has 0 atom stereocenters. The molecule has 6 heteroatoms. The highest BCUT2D eigenvalue weighted by molar-refractivity contribution is 5.89. The van der Waals surface area contributed by atoms with E-state index in [9.17, 15) is 9.59 Å². The number of fused-ring (bicyclic) bond motifs is 1. The summed E-state index contributed by atoms with van der Waals surface area (Å²) in [6, 6.07) is 9.14. The second-order valence-corrected chi connectivity index (χ2v) is 4.42. The van der Waals surface area contributed by atoms with Crippen molar-refractivity contribution in [1.29, 1.82) is 0 Å². The first-order valence-electron chi connectivity index (χ1n) is 5.98. The summed E-state index contributed by atoms with van der Waals surface area (Å²) in [6.07, 6.45) is 1.37. The molecule has 0 fully saturated rings. The van der Waals surface area contributed by atoms with Gasteiger partial charge in [0.15, 0.2) is 5.65 Å². The highest BCUT2D eigenvalue weighted by Crippen LogP contribution is 2.20. The molecule has 2 aromatic heterocycles. The molecule has 2 heterocycles. The maximum Gasteiger partial charge on any atom is 0.339 e. The van der Waals surface area contributed by atoms with Crippen LogP contribution < -0.4 is 5.56 Å². The van der Waals surface area contributed by atoms with Crippen LogP contribution in [-0.2, 0) is 0 Å². The SMILES string of the molecule is Cc1nc2c(-c3ccccc3)c(=O)[nH]n2cc1C(=O)O. The number of nitrogens with zero attached hydrogens (tertiary/aromatic N) is 2. The molecule has 0 saturated heterocycles. The lowest BCUT2D eigenvalue weighted by Gasteiger charge is -2.03. The van der Waals surface area contributed by atoms with Gasteiger partial charge >= 0.3 is 5.97 Å². The van der Waals surface area contributed by atoms with Gasteiger partial charge in [0.2, 0.25) is 0 Å². The number of aromatic carboxylic acids is 1. The van der Waals surface area contributed by atoms with Gasteiger partial charge in [-0.1, -0.05) is 30.3 Å². The van der Waals surface area contributed by atoms with E-state index in [2.05, 4.69) is 10.1 Å². The Kier molecular flexibility index (Phi) is 2.64. The zero-order valence-electron chi connectivity index (χ0n) is 10.6. The number of aromatic nitrogens is 3.